The van der Waals surface area contributed by atoms with Crippen molar-refractivity contribution in [3.8, 4) is 6.07 Å². The molecule has 0 aliphatic heterocycles. The fourth-order valence-corrected chi connectivity index (χ4v) is 1.28. The average molecular weight is 240 g/mol. The van der Waals surface area contributed by atoms with Crippen LogP contribution in [0.4, 0.5) is 14.5 Å². The minimum Gasteiger partial charge on any atom is -0.378 e. The topological polar surface area (TPSA) is 45.0 Å². The zero-order valence-corrected chi connectivity index (χ0v) is 9.76. The van der Waals surface area contributed by atoms with Crippen molar-refractivity contribution in [1.29, 1.82) is 5.26 Å². The van der Waals surface area contributed by atoms with Gasteiger partial charge in [-0.15, -0.1) is 0 Å². The molecule has 1 aromatic carbocycles. The van der Waals surface area contributed by atoms with Crippen molar-refractivity contribution in [3.63, 3.8) is 0 Å². The van der Waals surface area contributed by atoms with E-state index in [4.69, 9.17) is 10.00 Å². The smallest absolute Gasteiger partial charge is 0.150 e. The molecule has 3 nitrogen and oxygen atoms in total. The second kappa shape index (κ2) is 6.16. The van der Waals surface area contributed by atoms with Crippen molar-refractivity contribution in [3.05, 3.63) is 29.3 Å². The normalized spacial score (nSPS) is 10.4. The zero-order chi connectivity index (χ0) is 12.8. The number of rotatable bonds is 5. The maximum atomic E-state index is 13.4. The number of nitrogens with one attached hydrogen (secondary N) is 1. The number of hydrogen-bond donors (Lipinski definition) is 1. The molecule has 0 atom stereocenters. The summed E-state index contributed by atoms with van der Waals surface area (Å²) in [5, 5.41) is 11.1. The Bertz CT molecular complexity index is 404. The molecule has 1 rings (SSSR count). The summed E-state index contributed by atoms with van der Waals surface area (Å²) in [6, 6.07) is 3.68. The predicted octanol–water partition coefficient (Wildman–Crippen LogP) is 2.67. The maximum absolute atomic E-state index is 13.4. The highest BCUT2D eigenvalue weighted by molar-refractivity contribution is 5.50. The standard InChI is InChI=1S/C12H14F2N2O/c1-8(2)17-4-3-16-12-10(13)5-9(7-15)6-11(12)14/h5-6,8,16H,3-4H2,1-2H3. The summed E-state index contributed by atoms with van der Waals surface area (Å²) in [4.78, 5) is 0. The average Bonchev–Trinajstić information content (AvgIpc) is 2.26. The van der Waals surface area contributed by atoms with Gasteiger partial charge in [0.2, 0.25) is 0 Å². The maximum Gasteiger partial charge on any atom is 0.150 e. The van der Waals surface area contributed by atoms with Crippen LogP contribution in [0.15, 0.2) is 12.1 Å². The van der Waals surface area contributed by atoms with Crippen LogP contribution in [0.5, 0.6) is 0 Å². The molecule has 0 spiro atoms. The zero-order valence-electron chi connectivity index (χ0n) is 9.76. The second-order valence-electron chi connectivity index (χ2n) is 3.77. The Morgan fingerprint density at radius 2 is 1.94 bits per heavy atom. The minimum atomic E-state index is -0.772. The van der Waals surface area contributed by atoms with Crippen LogP contribution in [-0.2, 0) is 4.74 Å². The van der Waals surface area contributed by atoms with Crippen molar-refractivity contribution in [2.24, 2.45) is 0 Å². The number of anilines is 1. The van der Waals surface area contributed by atoms with E-state index in [1.807, 2.05) is 13.8 Å². The third kappa shape index (κ3) is 4.00. The lowest BCUT2D eigenvalue weighted by atomic mass is 10.2. The largest absolute Gasteiger partial charge is 0.378 e. The number of ether oxygens (including phenoxy) is 1. The summed E-state index contributed by atoms with van der Waals surface area (Å²) in [6.45, 7) is 4.42. The molecule has 0 saturated carbocycles. The lowest BCUT2D eigenvalue weighted by Crippen LogP contribution is -2.14. The van der Waals surface area contributed by atoms with Crippen LogP contribution in [0.1, 0.15) is 19.4 Å². The molecule has 0 amide bonds. The van der Waals surface area contributed by atoms with Crippen molar-refractivity contribution in [2.75, 3.05) is 18.5 Å². The third-order valence-electron chi connectivity index (χ3n) is 2.03. The molecule has 0 fully saturated rings. The van der Waals surface area contributed by atoms with Crippen molar-refractivity contribution >= 4 is 5.69 Å². The van der Waals surface area contributed by atoms with E-state index in [1.165, 1.54) is 0 Å². The molecule has 0 aliphatic carbocycles. The Balaban J connectivity index is 2.63. The monoisotopic (exact) mass is 240 g/mol. The molecule has 0 aromatic heterocycles. The Labute approximate surface area is 99.0 Å². The lowest BCUT2D eigenvalue weighted by Gasteiger charge is -2.11. The van der Waals surface area contributed by atoms with Gasteiger partial charge in [0.05, 0.1) is 24.3 Å². The summed E-state index contributed by atoms with van der Waals surface area (Å²) in [5.41, 5.74) is -0.264. The highest BCUT2D eigenvalue weighted by Gasteiger charge is 2.10. The molecule has 1 aromatic rings. The van der Waals surface area contributed by atoms with Crippen LogP contribution in [0, 0.1) is 23.0 Å². The molecular weight excluding hydrogens is 226 g/mol. The summed E-state index contributed by atoms with van der Waals surface area (Å²) in [7, 11) is 0. The van der Waals surface area contributed by atoms with E-state index < -0.39 is 11.6 Å². The summed E-state index contributed by atoms with van der Waals surface area (Å²) in [6.07, 6.45) is 0.0764. The summed E-state index contributed by atoms with van der Waals surface area (Å²) >= 11 is 0. The molecule has 0 heterocycles. The van der Waals surface area contributed by atoms with Crippen LogP contribution < -0.4 is 5.32 Å². The van der Waals surface area contributed by atoms with Gasteiger partial charge in [0.15, 0.2) is 11.6 Å². The van der Waals surface area contributed by atoms with Gasteiger partial charge in [0, 0.05) is 6.54 Å². The molecule has 0 aliphatic rings. The van der Waals surface area contributed by atoms with Gasteiger partial charge < -0.3 is 10.1 Å². The molecule has 17 heavy (non-hydrogen) atoms. The molecular formula is C12H14F2N2O. The van der Waals surface area contributed by atoms with Crippen LogP contribution in [0.3, 0.4) is 0 Å². The Morgan fingerprint density at radius 1 is 1.35 bits per heavy atom. The van der Waals surface area contributed by atoms with Gasteiger partial charge in [-0.1, -0.05) is 0 Å². The highest BCUT2D eigenvalue weighted by atomic mass is 19.1. The first kappa shape index (κ1) is 13.4. The van der Waals surface area contributed by atoms with Gasteiger partial charge in [-0.05, 0) is 26.0 Å². The number of hydrogen-bond acceptors (Lipinski definition) is 3. The minimum absolute atomic E-state index is 0.0380. The van der Waals surface area contributed by atoms with Crippen LogP contribution in [0.25, 0.3) is 0 Å². The van der Waals surface area contributed by atoms with E-state index in [0.717, 1.165) is 12.1 Å². The number of nitrogens with zero attached hydrogens (tertiary/aromatic N) is 1. The molecule has 5 heteroatoms. The van der Waals surface area contributed by atoms with Gasteiger partial charge in [0.25, 0.3) is 0 Å². The number of benzene rings is 1. The fourth-order valence-electron chi connectivity index (χ4n) is 1.28. The molecule has 0 unspecified atom stereocenters. The third-order valence-corrected chi connectivity index (χ3v) is 2.03. The van der Waals surface area contributed by atoms with Crippen LogP contribution >= 0.6 is 0 Å². The van der Waals surface area contributed by atoms with Gasteiger partial charge in [-0.2, -0.15) is 5.26 Å². The Morgan fingerprint density at radius 3 is 2.41 bits per heavy atom. The van der Waals surface area contributed by atoms with Gasteiger partial charge in [-0.3, -0.25) is 0 Å². The highest BCUT2D eigenvalue weighted by Crippen LogP contribution is 2.20. The van der Waals surface area contributed by atoms with E-state index in [0.29, 0.717) is 13.2 Å². The molecule has 0 saturated heterocycles. The summed E-state index contributed by atoms with van der Waals surface area (Å²) < 4.78 is 32.0. The van der Waals surface area contributed by atoms with E-state index in [1.54, 1.807) is 6.07 Å². The molecule has 1 N–H and O–H groups in total. The van der Waals surface area contributed by atoms with Gasteiger partial charge in [0.1, 0.15) is 5.69 Å². The Hall–Kier alpha value is -1.67. The van der Waals surface area contributed by atoms with Crippen LogP contribution in [0.2, 0.25) is 0 Å². The van der Waals surface area contributed by atoms with E-state index in [9.17, 15) is 8.78 Å². The van der Waals surface area contributed by atoms with E-state index >= 15 is 0 Å². The van der Waals surface area contributed by atoms with Crippen molar-refractivity contribution in [2.45, 2.75) is 20.0 Å². The molecule has 0 radical (unpaired) electrons. The van der Waals surface area contributed by atoms with Crippen molar-refractivity contribution in [1.82, 2.24) is 0 Å². The number of halogens is 2. The Kier molecular flexibility index (Phi) is 4.85. The van der Waals surface area contributed by atoms with Crippen molar-refractivity contribution < 1.29 is 13.5 Å². The first-order valence-corrected chi connectivity index (χ1v) is 5.29. The van der Waals surface area contributed by atoms with Gasteiger partial charge >= 0.3 is 0 Å². The fraction of sp³-hybridized carbons (Fsp3) is 0.417. The quantitative estimate of drug-likeness (QED) is 0.805. The van der Waals surface area contributed by atoms with E-state index in [2.05, 4.69) is 5.32 Å². The predicted molar refractivity (Wildman–Crippen MR) is 60.7 cm³/mol. The SMILES string of the molecule is CC(C)OCCNc1c(F)cc(C#N)cc1F. The first-order chi connectivity index (χ1) is 8.04. The lowest BCUT2D eigenvalue weighted by molar-refractivity contribution is 0.0870. The summed E-state index contributed by atoms with van der Waals surface area (Å²) in [5.74, 6) is -1.54. The van der Waals surface area contributed by atoms with E-state index in [-0.39, 0.29) is 17.4 Å². The number of nitriles is 1. The second-order valence-corrected chi connectivity index (χ2v) is 3.77. The van der Waals surface area contributed by atoms with Gasteiger partial charge in [-0.25, -0.2) is 8.78 Å². The molecule has 92 valence electrons. The first-order valence-electron chi connectivity index (χ1n) is 5.29. The van der Waals surface area contributed by atoms with Crippen LogP contribution in [-0.4, -0.2) is 19.3 Å². The molecule has 0 bridgehead atoms.